The Morgan fingerprint density at radius 3 is 2.68 bits per heavy atom. The molecule has 2 heterocycles. The van der Waals surface area contributed by atoms with Crippen molar-refractivity contribution in [2.24, 2.45) is 0 Å². The molecule has 19 heavy (non-hydrogen) atoms. The lowest BCUT2D eigenvalue weighted by atomic mass is 10.1. The number of halogens is 1. The molecule has 2 aromatic heterocycles. The van der Waals surface area contributed by atoms with Crippen LogP contribution >= 0.6 is 15.9 Å². The van der Waals surface area contributed by atoms with E-state index in [1.165, 1.54) is 5.56 Å². The Kier molecular flexibility index (Phi) is 2.98. The molecule has 0 aliphatic carbocycles. The number of nitrogens with two attached hydrogens (primary N) is 1. The normalized spacial score (nSPS) is 11.1. The monoisotopic (exact) mass is 316 g/mol. The van der Waals surface area contributed by atoms with Gasteiger partial charge in [-0.2, -0.15) is 0 Å². The molecule has 96 valence electrons. The predicted molar refractivity (Wildman–Crippen MR) is 80.4 cm³/mol. The Labute approximate surface area is 119 Å². The second-order valence-corrected chi connectivity index (χ2v) is 5.24. The van der Waals surface area contributed by atoms with E-state index in [2.05, 4.69) is 45.0 Å². The van der Waals surface area contributed by atoms with Gasteiger partial charge in [0.1, 0.15) is 5.52 Å². The van der Waals surface area contributed by atoms with Crippen molar-refractivity contribution in [2.75, 3.05) is 5.73 Å². The summed E-state index contributed by atoms with van der Waals surface area (Å²) in [6.45, 7) is 2.13. The van der Waals surface area contributed by atoms with E-state index < -0.39 is 0 Å². The van der Waals surface area contributed by atoms with E-state index in [0.717, 1.165) is 27.7 Å². The minimum atomic E-state index is 0.449. The lowest BCUT2D eigenvalue weighted by Crippen LogP contribution is -2.01. The molecule has 0 spiro atoms. The first-order valence-corrected chi connectivity index (χ1v) is 6.87. The van der Waals surface area contributed by atoms with Gasteiger partial charge in [0.2, 0.25) is 5.95 Å². The molecule has 0 aliphatic heterocycles. The molecule has 4 nitrogen and oxygen atoms in total. The summed E-state index contributed by atoms with van der Waals surface area (Å²) in [5.41, 5.74) is 9.83. The van der Waals surface area contributed by atoms with Gasteiger partial charge in [-0.25, -0.2) is 9.97 Å². The smallest absolute Gasteiger partial charge is 0.207 e. The van der Waals surface area contributed by atoms with E-state index in [0.29, 0.717) is 5.95 Å². The second kappa shape index (κ2) is 4.66. The quantitative estimate of drug-likeness (QED) is 0.789. The topological polar surface area (TPSA) is 56.7 Å². The van der Waals surface area contributed by atoms with Crippen molar-refractivity contribution < 1.29 is 0 Å². The fourth-order valence-electron chi connectivity index (χ4n) is 2.09. The van der Waals surface area contributed by atoms with Crippen molar-refractivity contribution in [1.29, 1.82) is 0 Å². The van der Waals surface area contributed by atoms with Crippen molar-refractivity contribution in [3.05, 3.63) is 46.6 Å². The van der Waals surface area contributed by atoms with Crippen molar-refractivity contribution in [3.8, 4) is 5.69 Å². The molecule has 0 amide bonds. The standard InChI is InChI=1S/C14H13BrN4/c1-2-9-3-5-11(6-4-9)19-13-12(18-14(19)16)7-10(15)8-17-13/h3-8H,2H2,1H3,(H2,16,18). The summed E-state index contributed by atoms with van der Waals surface area (Å²) in [5, 5.41) is 0. The third kappa shape index (κ3) is 2.10. The fraction of sp³-hybridized carbons (Fsp3) is 0.143. The van der Waals surface area contributed by atoms with Crippen LogP contribution in [0.2, 0.25) is 0 Å². The Morgan fingerprint density at radius 2 is 2.00 bits per heavy atom. The first-order valence-electron chi connectivity index (χ1n) is 6.08. The van der Waals surface area contributed by atoms with Gasteiger partial charge in [0.25, 0.3) is 0 Å². The molecular weight excluding hydrogens is 304 g/mol. The lowest BCUT2D eigenvalue weighted by Gasteiger charge is -2.06. The van der Waals surface area contributed by atoms with Crippen molar-refractivity contribution in [2.45, 2.75) is 13.3 Å². The van der Waals surface area contributed by atoms with Crippen LogP contribution in [0.3, 0.4) is 0 Å². The number of hydrogen-bond donors (Lipinski definition) is 1. The Morgan fingerprint density at radius 1 is 1.26 bits per heavy atom. The average molecular weight is 317 g/mol. The zero-order valence-electron chi connectivity index (χ0n) is 10.5. The third-order valence-corrected chi connectivity index (χ3v) is 3.53. The van der Waals surface area contributed by atoms with Gasteiger partial charge in [-0.3, -0.25) is 4.57 Å². The highest BCUT2D eigenvalue weighted by Gasteiger charge is 2.11. The van der Waals surface area contributed by atoms with Crippen LogP contribution in [0.25, 0.3) is 16.9 Å². The third-order valence-electron chi connectivity index (χ3n) is 3.09. The number of aryl methyl sites for hydroxylation is 1. The summed E-state index contributed by atoms with van der Waals surface area (Å²) < 4.78 is 2.76. The van der Waals surface area contributed by atoms with E-state index in [9.17, 15) is 0 Å². The van der Waals surface area contributed by atoms with E-state index in [1.807, 2.05) is 22.8 Å². The predicted octanol–water partition coefficient (Wildman–Crippen LogP) is 3.33. The van der Waals surface area contributed by atoms with Crippen LogP contribution in [0.4, 0.5) is 5.95 Å². The van der Waals surface area contributed by atoms with E-state index in [-0.39, 0.29) is 0 Å². The molecule has 2 N–H and O–H groups in total. The number of benzene rings is 1. The van der Waals surface area contributed by atoms with Crippen LogP contribution in [-0.2, 0) is 6.42 Å². The molecule has 0 bridgehead atoms. The van der Waals surface area contributed by atoms with Gasteiger partial charge in [0.15, 0.2) is 5.65 Å². The lowest BCUT2D eigenvalue weighted by molar-refractivity contribution is 1.07. The summed E-state index contributed by atoms with van der Waals surface area (Å²) in [7, 11) is 0. The maximum atomic E-state index is 6.00. The van der Waals surface area contributed by atoms with Gasteiger partial charge in [0, 0.05) is 10.7 Å². The van der Waals surface area contributed by atoms with Gasteiger partial charge >= 0.3 is 0 Å². The molecule has 0 radical (unpaired) electrons. The number of imidazole rings is 1. The maximum absolute atomic E-state index is 6.00. The van der Waals surface area contributed by atoms with E-state index >= 15 is 0 Å². The molecule has 0 atom stereocenters. The number of rotatable bonds is 2. The van der Waals surface area contributed by atoms with Gasteiger partial charge in [-0.05, 0) is 46.1 Å². The van der Waals surface area contributed by atoms with Gasteiger partial charge < -0.3 is 5.73 Å². The molecule has 0 aliphatic rings. The fourth-order valence-corrected chi connectivity index (χ4v) is 2.41. The number of pyridine rings is 1. The largest absolute Gasteiger partial charge is 0.369 e. The van der Waals surface area contributed by atoms with Crippen LogP contribution in [0.5, 0.6) is 0 Å². The van der Waals surface area contributed by atoms with Gasteiger partial charge in [-0.1, -0.05) is 19.1 Å². The molecule has 0 saturated heterocycles. The van der Waals surface area contributed by atoms with Crippen LogP contribution in [0.1, 0.15) is 12.5 Å². The second-order valence-electron chi connectivity index (χ2n) is 4.32. The van der Waals surface area contributed by atoms with Crippen LogP contribution in [0.15, 0.2) is 41.0 Å². The summed E-state index contributed by atoms with van der Waals surface area (Å²) in [4.78, 5) is 8.74. The average Bonchev–Trinajstić information content (AvgIpc) is 2.74. The first-order chi connectivity index (χ1) is 9.19. The molecule has 0 fully saturated rings. The summed E-state index contributed by atoms with van der Waals surface area (Å²) >= 11 is 3.39. The SMILES string of the molecule is CCc1ccc(-n2c(N)nc3cc(Br)cnc32)cc1. The van der Waals surface area contributed by atoms with E-state index in [4.69, 9.17) is 5.73 Å². The first kappa shape index (κ1) is 12.2. The molecule has 1 aromatic carbocycles. The Bertz CT molecular complexity index is 731. The highest BCUT2D eigenvalue weighted by molar-refractivity contribution is 9.10. The van der Waals surface area contributed by atoms with Crippen LogP contribution in [-0.4, -0.2) is 14.5 Å². The van der Waals surface area contributed by atoms with Crippen molar-refractivity contribution >= 4 is 33.0 Å². The Hall–Kier alpha value is -1.88. The molecule has 3 aromatic rings. The van der Waals surface area contributed by atoms with Crippen molar-refractivity contribution in [1.82, 2.24) is 14.5 Å². The summed E-state index contributed by atoms with van der Waals surface area (Å²) in [6, 6.07) is 10.2. The Balaban J connectivity index is 2.20. The highest BCUT2D eigenvalue weighted by atomic mass is 79.9. The minimum Gasteiger partial charge on any atom is -0.369 e. The molecule has 5 heteroatoms. The van der Waals surface area contributed by atoms with Crippen LogP contribution in [0, 0.1) is 0 Å². The van der Waals surface area contributed by atoms with Gasteiger partial charge in [-0.15, -0.1) is 0 Å². The minimum absolute atomic E-state index is 0.449. The summed E-state index contributed by atoms with van der Waals surface area (Å²) in [6.07, 6.45) is 2.77. The molecule has 0 saturated carbocycles. The molecule has 0 unspecified atom stereocenters. The highest BCUT2D eigenvalue weighted by Crippen LogP contribution is 2.23. The van der Waals surface area contributed by atoms with Gasteiger partial charge in [0.05, 0.1) is 5.69 Å². The van der Waals surface area contributed by atoms with E-state index in [1.54, 1.807) is 6.20 Å². The van der Waals surface area contributed by atoms with Crippen molar-refractivity contribution in [3.63, 3.8) is 0 Å². The van der Waals surface area contributed by atoms with Crippen LogP contribution < -0.4 is 5.73 Å². The summed E-state index contributed by atoms with van der Waals surface area (Å²) in [5.74, 6) is 0.449. The number of nitrogen functional groups attached to an aromatic ring is 1. The zero-order chi connectivity index (χ0) is 13.4. The number of hydrogen-bond acceptors (Lipinski definition) is 3. The maximum Gasteiger partial charge on any atom is 0.207 e. The number of anilines is 1. The molecular formula is C14H13BrN4. The number of nitrogens with zero attached hydrogens (tertiary/aromatic N) is 3. The number of fused-ring (bicyclic) bond motifs is 1. The number of aromatic nitrogens is 3. The zero-order valence-corrected chi connectivity index (χ0v) is 12.1. The molecule has 3 rings (SSSR count).